The minimum absolute atomic E-state index is 0.148. The van der Waals surface area contributed by atoms with Crippen molar-refractivity contribution in [2.45, 2.75) is 88.5 Å². The Morgan fingerprint density at radius 1 is 0.925 bits per heavy atom. The molecule has 1 fully saturated rings. The van der Waals surface area contributed by atoms with Gasteiger partial charge in [-0.25, -0.2) is 4.39 Å². The van der Waals surface area contributed by atoms with Crippen LogP contribution >= 0.6 is 0 Å². The van der Waals surface area contributed by atoms with Crippen LogP contribution in [0, 0.1) is 60.6 Å². The van der Waals surface area contributed by atoms with Crippen LogP contribution < -0.4 is 10.6 Å². The third-order valence-corrected chi connectivity index (χ3v) is 9.09. The van der Waals surface area contributed by atoms with Gasteiger partial charge in [-0.1, -0.05) is 79.5 Å². The van der Waals surface area contributed by atoms with Crippen LogP contribution in [0.3, 0.4) is 0 Å². The number of hydrogen-bond acceptors (Lipinski definition) is 3. The lowest BCUT2D eigenvalue weighted by molar-refractivity contribution is -0.129. The second-order valence-electron chi connectivity index (χ2n) is 12.9. The molecule has 40 heavy (non-hydrogen) atoms. The zero-order chi connectivity index (χ0) is 30.4. The summed E-state index contributed by atoms with van der Waals surface area (Å²) in [7, 11) is 0. The topological polar surface area (TPSA) is 78.4 Å². The Labute approximate surface area is 241 Å². The molecule has 1 saturated carbocycles. The molecule has 2 aromatic rings. The summed E-state index contributed by atoms with van der Waals surface area (Å²) in [5, 5.41) is 15.5. The number of amides is 2. The summed E-state index contributed by atoms with van der Waals surface area (Å²) in [6, 6.07) is 9.77. The molecule has 0 saturated heterocycles. The molecule has 0 spiro atoms. The number of phenolic OH excluding ortho intramolecular Hbond substituents is 1. The molecule has 3 atom stereocenters. The van der Waals surface area contributed by atoms with Crippen molar-refractivity contribution in [3.05, 3.63) is 53.3 Å². The standard InChI is InChI=1S/C19H29NO.C15H22FNO2/c1-12(2)16-8-6-14(4)11-17(16)19(21)20-18-9-7-13(3)10-15(18)5;1-9(2)15(5,10(3)4)14(19)17-12-7-6-11(16)8-13(12)18/h7,9-10,12,14,16-17H,6,8,11H2,1-5H3,(H,20,21);6-10,18H,1-5H3,(H,17,19)/i;16-1. The molecule has 222 valence electrons. The summed E-state index contributed by atoms with van der Waals surface area (Å²) in [5.74, 6) is 1.47. The van der Waals surface area contributed by atoms with Crippen molar-refractivity contribution in [3.8, 4) is 5.75 Å². The summed E-state index contributed by atoms with van der Waals surface area (Å²) in [6.45, 7) is 20.8. The molecule has 2 aromatic carbocycles. The molecular weight excluding hydrogens is 502 g/mol. The van der Waals surface area contributed by atoms with Gasteiger partial charge in [0.15, 0.2) is 0 Å². The van der Waals surface area contributed by atoms with Gasteiger partial charge in [0.1, 0.15) is 11.6 Å². The number of benzene rings is 2. The number of aryl methyl sites for hydroxylation is 2. The van der Waals surface area contributed by atoms with Crippen LogP contribution in [0.5, 0.6) is 5.75 Å². The van der Waals surface area contributed by atoms with Crippen LogP contribution in [0.15, 0.2) is 36.4 Å². The highest BCUT2D eigenvalue weighted by Crippen LogP contribution is 2.39. The number of halogens is 1. The summed E-state index contributed by atoms with van der Waals surface area (Å²) >= 11 is 0. The first-order valence-corrected chi connectivity index (χ1v) is 14.8. The number of nitrogens with one attached hydrogen (secondary N) is 2. The number of phenols is 1. The molecule has 3 unspecified atom stereocenters. The maximum absolute atomic E-state index is 12.9. The summed E-state index contributed by atoms with van der Waals surface area (Å²) in [5.41, 5.74) is 3.02. The fourth-order valence-corrected chi connectivity index (χ4v) is 5.74. The van der Waals surface area contributed by atoms with Crippen LogP contribution in [-0.4, -0.2) is 16.9 Å². The van der Waals surface area contributed by atoms with E-state index in [0.717, 1.165) is 23.7 Å². The average molecular weight is 554 g/mol. The van der Waals surface area contributed by atoms with Gasteiger partial charge in [-0.15, -0.1) is 0 Å². The van der Waals surface area contributed by atoms with Gasteiger partial charge in [0.25, 0.3) is 0 Å². The third kappa shape index (κ3) is 8.31. The maximum atomic E-state index is 12.9. The Kier molecular flexibility index (Phi) is 11.8. The molecule has 0 radical (unpaired) electrons. The maximum Gasteiger partial charge on any atom is 0.230 e. The van der Waals surface area contributed by atoms with Gasteiger partial charge in [0.2, 0.25) is 11.8 Å². The predicted molar refractivity (Wildman–Crippen MR) is 164 cm³/mol. The smallest absolute Gasteiger partial charge is 0.230 e. The number of carbonyl (C=O) groups excluding carboxylic acids is 2. The summed E-state index contributed by atoms with van der Waals surface area (Å²) < 4.78 is 12.9. The summed E-state index contributed by atoms with van der Waals surface area (Å²) in [6.07, 6.45) is 3.47. The Morgan fingerprint density at radius 3 is 2.05 bits per heavy atom. The zero-order valence-electron chi connectivity index (χ0n) is 26.2. The first-order valence-electron chi connectivity index (χ1n) is 14.8. The van der Waals surface area contributed by atoms with Gasteiger partial charge in [0, 0.05) is 17.7 Å². The average Bonchev–Trinajstić information content (AvgIpc) is 2.86. The van der Waals surface area contributed by atoms with Gasteiger partial charge >= 0.3 is 0 Å². The highest BCUT2D eigenvalue weighted by Gasteiger charge is 2.40. The molecule has 2 amide bonds. The van der Waals surface area contributed by atoms with E-state index in [1.165, 1.54) is 30.5 Å². The first kappa shape index (κ1) is 33.3. The van der Waals surface area contributed by atoms with E-state index in [0.29, 0.717) is 17.8 Å². The SMILES string of the molecule is CC(C)C(C)(C(=O)Nc1ccc([18F])cc1O)C(C)C.Cc1ccc(NC(=O)C2CC(C)CCC2C(C)C)c(C)c1. The Morgan fingerprint density at radius 2 is 1.52 bits per heavy atom. The highest BCUT2D eigenvalue weighted by atomic mass is 18.2. The van der Waals surface area contributed by atoms with E-state index in [-0.39, 0.29) is 41.0 Å². The Balaban J connectivity index is 0.000000282. The summed E-state index contributed by atoms with van der Waals surface area (Å²) in [4.78, 5) is 25.2. The highest BCUT2D eigenvalue weighted by molar-refractivity contribution is 5.96. The van der Waals surface area contributed by atoms with Crippen molar-refractivity contribution in [2.24, 2.45) is 40.9 Å². The molecule has 3 rings (SSSR count). The lowest BCUT2D eigenvalue weighted by Gasteiger charge is -2.36. The van der Waals surface area contributed by atoms with E-state index in [2.05, 4.69) is 57.4 Å². The van der Waals surface area contributed by atoms with E-state index < -0.39 is 11.2 Å². The van der Waals surface area contributed by atoms with Crippen LogP contribution in [-0.2, 0) is 9.59 Å². The quantitative estimate of drug-likeness (QED) is 0.300. The molecule has 3 N–H and O–H groups in total. The van der Waals surface area contributed by atoms with E-state index in [1.807, 2.05) is 40.7 Å². The van der Waals surface area contributed by atoms with Crippen molar-refractivity contribution in [2.75, 3.05) is 10.6 Å². The lowest BCUT2D eigenvalue weighted by Crippen LogP contribution is -2.42. The van der Waals surface area contributed by atoms with E-state index in [1.54, 1.807) is 0 Å². The monoisotopic (exact) mass is 553 g/mol. The largest absolute Gasteiger partial charge is 0.506 e. The van der Waals surface area contributed by atoms with Crippen molar-refractivity contribution in [1.82, 2.24) is 0 Å². The van der Waals surface area contributed by atoms with E-state index >= 15 is 0 Å². The Bertz CT molecular complexity index is 1150. The molecule has 6 heteroatoms. The number of carbonyl (C=O) groups is 2. The van der Waals surface area contributed by atoms with Gasteiger partial charge in [-0.05, 0) is 80.0 Å². The van der Waals surface area contributed by atoms with E-state index in [4.69, 9.17) is 0 Å². The number of aromatic hydroxyl groups is 1. The van der Waals surface area contributed by atoms with Crippen molar-refractivity contribution < 1.29 is 19.1 Å². The van der Waals surface area contributed by atoms with Gasteiger partial charge in [-0.2, -0.15) is 0 Å². The minimum Gasteiger partial charge on any atom is -0.506 e. The first-order chi connectivity index (χ1) is 18.6. The Hall–Kier alpha value is -2.89. The van der Waals surface area contributed by atoms with Crippen molar-refractivity contribution >= 4 is 23.2 Å². The van der Waals surface area contributed by atoms with Crippen LogP contribution in [0.25, 0.3) is 0 Å². The minimum atomic E-state index is -0.555. The molecule has 1 aliphatic rings. The van der Waals surface area contributed by atoms with Crippen LogP contribution in [0.2, 0.25) is 0 Å². The normalized spacial score (nSPS) is 19.3. The van der Waals surface area contributed by atoms with Crippen molar-refractivity contribution in [3.63, 3.8) is 0 Å². The molecule has 0 aromatic heterocycles. The third-order valence-electron chi connectivity index (χ3n) is 9.09. The second-order valence-corrected chi connectivity index (χ2v) is 12.9. The zero-order valence-corrected chi connectivity index (χ0v) is 26.2. The molecule has 1 aliphatic carbocycles. The number of rotatable bonds is 7. The fraction of sp³-hybridized carbons (Fsp3) is 0.588. The number of hydrogen-bond donors (Lipinski definition) is 3. The molecule has 0 aliphatic heterocycles. The fourth-order valence-electron chi connectivity index (χ4n) is 5.74. The number of anilines is 2. The van der Waals surface area contributed by atoms with E-state index in [9.17, 15) is 19.1 Å². The molecular formula is C34H51FN2O3. The van der Waals surface area contributed by atoms with Crippen LogP contribution in [0.4, 0.5) is 15.8 Å². The molecule has 0 bridgehead atoms. The second kappa shape index (κ2) is 14.1. The van der Waals surface area contributed by atoms with Gasteiger partial charge in [-0.3, -0.25) is 9.59 Å². The van der Waals surface area contributed by atoms with Crippen LogP contribution in [0.1, 0.15) is 85.8 Å². The molecule has 0 heterocycles. The van der Waals surface area contributed by atoms with Crippen molar-refractivity contribution in [1.29, 1.82) is 0 Å². The van der Waals surface area contributed by atoms with Gasteiger partial charge < -0.3 is 15.7 Å². The molecule has 5 nitrogen and oxygen atoms in total. The lowest BCUT2D eigenvalue weighted by atomic mass is 9.70. The predicted octanol–water partition coefficient (Wildman–Crippen LogP) is 8.74. The van der Waals surface area contributed by atoms with Gasteiger partial charge in [0.05, 0.1) is 11.1 Å².